The molecule has 1 atom stereocenters. The van der Waals surface area contributed by atoms with Gasteiger partial charge in [-0.3, -0.25) is 4.79 Å². The number of esters is 1. The standard InChI is InChI=1S/C11H18N4O2S/c1-3-5-7(10(16)17-4-2)18-11-14-8(12)6-9(13)15-11/h6-7H,3-5H2,1-2H3,(H4,12,13,14,15). The lowest BCUT2D eigenvalue weighted by Crippen LogP contribution is -2.20. The van der Waals surface area contributed by atoms with Gasteiger partial charge in [-0.15, -0.1) is 0 Å². The minimum Gasteiger partial charge on any atom is -0.465 e. The van der Waals surface area contributed by atoms with E-state index < -0.39 is 0 Å². The topological polar surface area (TPSA) is 104 Å². The van der Waals surface area contributed by atoms with Crippen LogP contribution >= 0.6 is 11.8 Å². The molecule has 1 aromatic heterocycles. The maximum absolute atomic E-state index is 11.7. The molecule has 1 rings (SSSR count). The number of ether oxygens (including phenoxy) is 1. The zero-order valence-corrected chi connectivity index (χ0v) is 11.4. The second-order valence-corrected chi connectivity index (χ2v) is 4.82. The predicted molar refractivity (Wildman–Crippen MR) is 72.0 cm³/mol. The number of thioether (sulfide) groups is 1. The summed E-state index contributed by atoms with van der Waals surface area (Å²) in [7, 11) is 0. The first-order valence-corrected chi connectivity index (χ1v) is 6.68. The fraction of sp³-hybridized carbons (Fsp3) is 0.545. The maximum Gasteiger partial charge on any atom is 0.319 e. The lowest BCUT2D eigenvalue weighted by Gasteiger charge is -2.13. The Morgan fingerprint density at radius 1 is 1.39 bits per heavy atom. The van der Waals surface area contributed by atoms with Crippen molar-refractivity contribution in [2.75, 3.05) is 18.1 Å². The highest BCUT2D eigenvalue weighted by molar-refractivity contribution is 8.00. The Bertz CT molecular complexity index is 394. The number of carbonyl (C=O) groups excluding carboxylic acids is 1. The molecule has 18 heavy (non-hydrogen) atoms. The Morgan fingerprint density at radius 3 is 2.50 bits per heavy atom. The van der Waals surface area contributed by atoms with Gasteiger partial charge in [-0.1, -0.05) is 25.1 Å². The number of anilines is 2. The summed E-state index contributed by atoms with van der Waals surface area (Å²) in [4.78, 5) is 19.8. The van der Waals surface area contributed by atoms with Gasteiger partial charge in [-0.2, -0.15) is 0 Å². The third kappa shape index (κ3) is 4.40. The molecule has 100 valence electrons. The summed E-state index contributed by atoms with van der Waals surface area (Å²) >= 11 is 1.23. The fourth-order valence-electron chi connectivity index (χ4n) is 1.36. The highest BCUT2D eigenvalue weighted by Gasteiger charge is 2.21. The molecule has 1 aromatic rings. The number of aromatic nitrogens is 2. The minimum absolute atomic E-state index is 0.256. The number of nitrogen functional groups attached to an aromatic ring is 2. The highest BCUT2D eigenvalue weighted by Crippen LogP contribution is 2.25. The van der Waals surface area contributed by atoms with E-state index in [1.165, 1.54) is 17.8 Å². The van der Waals surface area contributed by atoms with Crippen molar-refractivity contribution in [1.82, 2.24) is 9.97 Å². The van der Waals surface area contributed by atoms with E-state index in [1.54, 1.807) is 6.92 Å². The Morgan fingerprint density at radius 2 is 2.00 bits per heavy atom. The smallest absolute Gasteiger partial charge is 0.319 e. The molecule has 0 amide bonds. The summed E-state index contributed by atoms with van der Waals surface area (Å²) in [6, 6.07) is 1.48. The van der Waals surface area contributed by atoms with Crippen LogP contribution < -0.4 is 11.5 Å². The summed E-state index contributed by atoms with van der Waals surface area (Å²) in [6.07, 6.45) is 1.57. The number of nitrogens with two attached hydrogens (primary N) is 2. The van der Waals surface area contributed by atoms with Crippen LogP contribution in [0.25, 0.3) is 0 Å². The Hall–Kier alpha value is -1.50. The Kier molecular flexibility index (Phi) is 5.70. The van der Waals surface area contributed by atoms with Crippen LogP contribution in [0.4, 0.5) is 11.6 Å². The van der Waals surface area contributed by atoms with E-state index in [2.05, 4.69) is 9.97 Å². The van der Waals surface area contributed by atoms with Crippen molar-refractivity contribution in [1.29, 1.82) is 0 Å². The van der Waals surface area contributed by atoms with E-state index >= 15 is 0 Å². The van der Waals surface area contributed by atoms with Gasteiger partial charge in [0.05, 0.1) is 6.61 Å². The molecule has 0 saturated carbocycles. The summed E-state index contributed by atoms with van der Waals surface area (Å²) in [5.74, 6) is 0.335. The lowest BCUT2D eigenvalue weighted by atomic mass is 10.2. The molecule has 7 heteroatoms. The maximum atomic E-state index is 11.7. The minimum atomic E-state index is -0.323. The van der Waals surface area contributed by atoms with E-state index in [1.807, 2.05) is 6.92 Å². The molecule has 0 aliphatic heterocycles. The third-order valence-corrected chi connectivity index (χ3v) is 3.20. The van der Waals surface area contributed by atoms with Gasteiger partial charge >= 0.3 is 5.97 Å². The number of hydrogen-bond acceptors (Lipinski definition) is 7. The molecular weight excluding hydrogens is 252 g/mol. The zero-order chi connectivity index (χ0) is 13.5. The van der Waals surface area contributed by atoms with Gasteiger partial charge in [0, 0.05) is 6.07 Å². The van der Waals surface area contributed by atoms with Gasteiger partial charge in [-0.05, 0) is 13.3 Å². The van der Waals surface area contributed by atoms with Crippen LogP contribution in [-0.4, -0.2) is 27.8 Å². The molecule has 0 radical (unpaired) electrons. The summed E-state index contributed by atoms with van der Waals surface area (Å²) in [5.41, 5.74) is 11.2. The lowest BCUT2D eigenvalue weighted by molar-refractivity contribution is -0.142. The van der Waals surface area contributed by atoms with Gasteiger partial charge in [0.2, 0.25) is 0 Å². The van der Waals surface area contributed by atoms with E-state index in [9.17, 15) is 4.79 Å². The predicted octanol–water partition coefficient (Wildman–Crippen LogP) is 1.46. The molecule has 0 aliphatic carbocycles. The number of carbonyl (C=O) groups is 1. The monoisotopic (exact) mass is 270 g/mol. The van der Waals surface area contributed by atoms with Crippen LogP contribution in [-0.2, 0) is 9.53 Å². The molecule has 4 N–H and O–H groups in total. The molecule has 1 unspecified atom stereocenters. The van der Waals surface area contributed by atoms with E-state index in [4.69, 9.17) is 16.2 Å². The molecule has 0 bridgehead atoms. The SMILES string of the molecule is CCCC(Sc1nc(N)cc(N)n1)C(=O)OCC. The molecule has 0 aromatic carbocycles. The average molecular weight is 270 g/mol. The van der Waals surface area contributed by atoms with Crippen LogP contribution in [0, 0.1) is 0 Å². The normalized spacial score (nSPS) is 12.1. The number of hydrogen-bond donors (Lipinski definition) is 2. The van der Waals surface area contributed by atoms with Gasteiger partial charge in [0.1, 0.15) is 16.9 Å². The van der Waals surface area contributed by atoms with Crippen LogP contribution in [0.2, 0.25) is 0 Å². The Balaban J connectivity index is 2.78. The van der Waals surface area contributed by atoms with Crippen molar-refractivity contribution in [2.45, 2.75) is 37.1 Å². The van der Waals surface area contributed by atoms with Crippen molar-refractivity contribution >= 4 is 29.4 Å². The van der Waals surface area contributed by atoms with E-state index in [0.717, 1.165) is 6.42 Å². The van der Waals surface area contributed by atoms with Gasteiger partial charge < -0.3 is 16.2 Å². The van der Waals surface area contributed by atoms with Gasteiger partial charge in [0.15, 0.2) is 5.16 Å². The number of rotatable bonds is 6. The van der Waals surface area contributed by atoms with Gasteiger partial charge in [0.25, 0.3) is 0 Å². The first-order chi connectivity index (χ1) is 8.56. The van der Waals surface area contributed by atoms with Crippen molar-refractivity contribution in [3.05, 3.63) is 6.07 Å². The fourth-order valence-corrected chi connectivity index (χ4v) is 2.45. The van der Waals surface area contributed by atoms with Crippen LogP contribution in [0.1, 0.15) is 26.7 Å². The van der Waals surface area contributed by atoms with Gasteiger partial charge in [-0.25, -0.2) is 9.97 Å². The average Bonchev–Trinajstić information content (AvgIpc) is 2.27. The molecule has 0 fully saturated rings. The number of nitrogens with zero attached hydrogens (tertiary/aromatic N) is 2. The van der Waals surface area contributed by atoms with Crippen molar-refractivity contribution in [3.63, 3.8) is 0 Å². The molecule has 6 nitrogen and oxygen atoms in total. The molecule has 0 aliphatic rings. The quantitative estimate of drug-likeness (QED) is 0.458. The highest BCUT2D eigenvalue weighted by atomic mass is 32.2. The molecule has 0 spiro atoms. The summed E-state index contributed by atoms with van der Waals surface area (Å²) in [6.45, 7) is 4.14. The van der Waals surface area contributed by atoms with Crippen molar-refractivity contribution in [3.8, 4) is 0 Å². The van der Waals surface area contributed by atoms with E-state index in [-0.39, 0.29) is 11.2 Å². The second-order valence-electron chi connectivity index (χ2n) is 3.65. The molecular formula is C11H18N4O2S. The van der Waals surface area contributed by atoms with Crippen LogP contribution in [0.15, 0.2) is 11.2 Å². The van der Waals surface area contributed by atoms with Crippen LogP contribution in [0.3, 0.4) is 0 Å². The molecule has 1 heterocycles. The first-order valence-electron chi connectivity index (χ1n) is 5.80. The van der Waals surface area contributed by atoms with Crippen molar-refractivity contribution in [2.24, 2.45) is 0 Å². The largest absolute Gasteiger partial charge is 0.465 e. The zero-order valence-electron chi connectivity index (χ0n) is 10.5. The first kappa shape index (κ1) is 14.6. The Labute approximate surface area is 111 Å². The second kappa shape index (κ2) is 7.05. The summed E-state index contributed by atoms with van der Waals surface area (Å²) in [5, 5.41) is 0.0788. The van der Waals surface area contributed by atoms with E-state index in [0.29, 0.717) is 29.8 Å². The van der Waals surface area contributed by atoms with Crippen LogP contribution in [0.5, 0.6) is 0 Å². The summed E-state index contributed by atoms with van der Waals surface area (Å²) < 4.78 is 5.01. The van der Waals surface area contributed by atoms with Crippen molar-refractivity contribution < 1.29 is 9.53 Å². The third-order valence-electron chi connectivity index (χ3n) is 2.09. The molecule has 0 saturated heterocycles.